The summed E-state index contributed by atoms with van der Waals surface area (Å²) in [5.74, 6) is 1.79. The van der Waals surface area contributed by atoms with Crippen molar-refractivity contribution in [2.75, 3.05) is 14.2 Å². The van der Waals surface area contributed by atoms with E-state index in [4.69, 9.17) is 37.4 Å². The van der Waals surface area contributed by atoms with Crippen molar-refractivity contribution in [1.29, 1.82) is 0 Å². The van der Waals surface area contributed by atoms with E-state index in [2.05, 4.69) is 5.32 Å². The molecule has 1 saturated carbocycles. The van der Waals surface area contributed by atoms with Gasteiger partial charge in [0.15, 0.2) is 17.1 Å². The van der Waals surface area contributed by atoms with Gasteiger partial charge in [-0.25, -0.2) is 0 Å². The van der Waals surface area contributed by atoms with Crippen molar-refractivity contribution in [3.8, 4) is 17.2 Å². The molecule has 7 heteroatoms. The maximum atomic E-state index is 12.7. The first-order valence-corrected chi connectivity index (χ1v) is 10.1. The van der Waals surface area contributed by atoms with E-state index in [-0.39, 0.29) is 11.8 Å². The van der Waals surface area contributed by atoms with Gasteiger partial charge >= 0.3 is 0 Å². The summed E-state index contributed by atoms with van der Waals surface area (Å²) >= 11 is 12.2. The second-order valence-electron chi connectivity index (χ2n) is 7.57. The Morgan fingerprint density at radius 1 is 1.10 bits per heavy atom. The van der Waals surface area contributed by atoms with Crippen LogP contribution in [0.15, 0.2) is 42.5 Å². The van der Waals surface area contributed by atoms with Gasteiger partial charge in [-0.15, -0.1) is 23.2 Å². The molecule has 156 valence electrons. The number of carbonyl (C=O) groups is 1. The van der Waals surface area contributed by atoms with Crippen LogP contribution in [0, 0.1) is 0 Å². The van der Waals surface area contributed by atoms with Crippen LogP contribution in [0.3, 0.4) is 0 Å². The molecule has 0 aromatic heterocycles. The number of rotatable bonds is 8. The number of ether oxygens (including phenoxy) is 3. The predicted molar refractivity (Wildman–Crippen MR) is 114 cm³/mol. The number of halogens is 2. The van der Waals surface area contributed by atoms with Gasteiger partial charge in [-0.3, -0.25) is 4.79 Å². The summed E-state index contributed by atoms with van der Waals surface area (Å²) in [6, 6.07) is 13.0. The third-order valence-corrected chi connectivity index (χ3v) is 5.76. The number of nitrogens with one attached hydrogen (secondary N) is 1. The van der Waals surface area contributed by atoms with Gasteiger partial charge in [-0.2, -0.15) is 0 Å². The van der Waals surface area contributed by atoms with Crippen molar-refractivity contribution in [3.63, 3.8) is 0 Å². The summed E-state index contributed by atoms with van der Waals surface area (Å²) in [5.41, 5.74) is 0.921. The van der Waals surface area contributed by atoms with Gasteiger partial charge in [0.2, 0.25) is 0 Å². The molecule has 29 heavy (non-hydrogen) atoms. The van der Waals surface area contributed by atoms with Gasteiger partial charge in [0.05, 0.1) is 14.2 Å². The average Bonchev–Trinajstić information content (AvgIpc) is 3.34. The lowest BCUT2D eigenvalue weighted by molar-refractivity contribution is -0.134. The maximum absolute atomic E-state index is 12.7. The highest BCUT2D eigenvalue weighted by molar-refractivity contribution is 6.51. The number of amides is 1. The van der Waals surface area contributed by atoms with Crippen LogP contribution in [-0.2, 0) is 11.3 Å². The van der Waals surface area contributed by atoms with Gasteiger partial charge in [-0.1, -0.05) is 18.2 Å². The van der Waals surface area contributed by atoms with Crippen molar-refractivity contribution in [3.05, 3.63) is 53.6 Å². The van der Waals surface area contributed by atoms with E-state index in [0.29, 0.717) is 23.8 Å². The molecule has 5 nitrogen and oxygen atoms in total. The lowest BCUT2D eigenvalue weighted by Crippen LogP contribution is -2.46. The molecule has 0 heterocycles. The second kappa shape index (κ2) is 8.33. The molecule has 0 saturated heterocycles. The van der Waals surface area contributed by atoms with Crippen LogP contribution in [0.2, 0.25) is 0 Å². The molecule has 0 bridgehead atoms. The highest BCUT2D eigenvalue weighted by Gasteiger charge is 2.52. The minimum Gasteiger partial charge on any atom is -0.493 e. The van der Waals surface area contributed by atoms with Gasteiger partial charge < -0.3 is 19.5 Å². The molecule has 0 spiro atoms. The fourth-order valence-electron chi connectivity index (χ4n) is 3.07. The van der Waals surface area contributed by atoms with Crippen LogP contribution in [0.1, 0.15) is 37.3 Å². The molecule has 1 unspecified atom stereocenters. The molecule has 1 aliphatic carbocycles. The normalized spacial score (nSPS) is 17.4. The fourth-order valence-corrected chi connectivity index (χ4v) is 3.63. The zero-order chi connectivity index (χ0) is 21.2. The van der Waals surface area contributed by atoms with E-state index in [1.165, 1.54) is 0 Å². The Balaban J connectivity index is 1.58. The van der Waals surface area contributed by atoms with Crippen molar-refractivity contribution < 1.29 is 19.0 Å². The van der Waals surface area contributed by atoms with Crippen LogP contribution in [-0.4, -0.2) is 30.1 Å². The van der Waals surface area contributed by atoms with Gasteiger partial charge in [-0.05, 0) is 55.7 Å². The first-order valence-electron chi connectivity index (χ1n) is 9.32. The predicted octanol–water partition coefficient (Wildman–Crippen LogP) is 4.84. The minimum atomic E-state index is -1.04. The maximum Gasteiger partial charge on any atom is 0.263 e. The summed E-state index contributed by atoms with van der Waals surface area (Å²) in [6.45, 7) is 3.81. The third kappa shape index (κ3) is 5.09. The molecule has 3 rings (SSSR count). The minimum absolute atomic E-state index is 0.151. The summed E-state index contributed by atoms with van der Waals surface area (Å²) in [4.78, 5) is 12.7. The monoisotopic (exact) mass is 437 g/mol. The van der Waals surface area contributed by atoms with Crippen molar-refractivity contribution in [2.45, 2.75) is 42.7 Å². The second-order valence-corrected chi connectivity index (χ2v) is 9.11. The summed E-state index contributed by atoms with van der Waals surface area (Å²) in [6.07, 6.45) is 0.750. The van der Waals surface area contributed by atoms with Crippen molar-refractivity contribution in [1.82, 2.24) is 5.32 Å². The van der Waals surface area contributed by atoms with Gasteiger partial charge in [0.25, 0.3) is 5.91 Å². The first-order chi connectivity index (χ1) is 13.7. The number of carbonyl (C=O) groups excluding carboxylic acids is 1. The number of methoxy groups -OCH3 is 2. The Labute approximate surface area is 181 Å². The van der Waals surface area contributed by atoms with E-state index >= 15 is 0 Å². The summed E-state index contributed by atoms with van der Waals surface area (Å²) < 4.78 is 15.8. The first kappa shape index (κ1) is 21.6. The summed E-state index contributed by atoms with van der Waals surface area (Å²) in [5, 5.41) is 2.90. The molecular weight excluding hydrogens is 413 g/mol. The Morgan fingerprint density at radius 3 is 2.28 bits per heavy atom. The number of hydrogen-bond acceptors (Lipinski definition) is 4. The summed E-state index contributed by atoms with van der Waals surface area (Å²) in [7, 11) is 3.16. The molecule has 2 aromatic rings. The Hall–Kier alpha value is -2.11. The van der Waals surface area contributed by atoms with Crippen molar-refractivity contribution in [2.24, 2.45) is 0 Å². The lowest BCUT2D eigenvalue weighted by atomic mass is 10.1. The Bertz CT molecular complexity index is 881. The molecule has 1 amide bonds. The molecular formula is C22H25Cl2NO4. The van der Waals surface area contributed by atoms with Gasteiger partial charge in [0, 0.05) is 12.5 Å². The van der Waals surface area contributed by atoms with Crippen LogP contribution in [0.25, 0.3) is 0 Å². The molecule has 0 aliphatic heterocycles. The van der Waals surface area contributed by atoms with Crippen molar-refractivity contribution >= 4 is 29.1 Å². The van der Waals surface area contributed by atoms with Gasteiger partial charge in [0.1, 0.15) is 10.1 Å². The Morgan fingerprint density at radius 2 is 1.72 bits per heavy atom. The molecule has 1 aliphatic rings. The highest BCUT2D eigenvalue weighted by Crippen LogP contribution is 2.59. The Kier molecular flexibility index (Phi) is 6.20. The van der Waals surface area contributed by atoms with E-state index in [9.17, 15) is 4.79 Å². The number of alkyl halides is 2. The third-order valence-electron chi connectivity index (χ3n) is 4.93. The zero-order valence-electron chi connectivity index (χ0n) is 16.9. The molecule has 0 radical (unpaired) electrons. The SMILES string of the molecule is COc1ccc(CNC(=O)C(C)(C)Oc2ccc(C3CC3(Cl)Cl)cc2)cc1OC. The quantitative estimate of drug-likeness (QED) is 0.600. The van der Waals surface area contributed by atoms with E-state index in [1.54, 1.807) is 34.1 Å². The van der Waals surface area contributed by atoms with E-state index < -0.39 is 9.93 Å². The zero-order valence-corrected chi connectivity index (χ0v) is 18.4. The topological polar surface area (TPSA) is 56.8 Å². The number of hydrogen-bond donors (Lipinski definition) is 1. The molecule has 1 atom stereocenters. The van der Waals surface area contributed by atoms with Crippen LogP contribution in [0.5, 0.6) is 17.2 Å². The van der Waals surface area contributed by atoms with E-state index in [0.717, 1.165) is 17.5 Å². The molecule has 2 aromatic carbocycles. The van der Waals surface area contributed by atoms with E-state index in [1.807, 2.05) is 36.4 Å². The molecule has 1 N–H and O–H groups in total. The smallest absolute Gasteiger partial charge is 0.263 e. The highest BCUT2D eigenvalue weighted by atomic mass is 35.5. The standard InChI is InChI=1S/C22H25Cl2NO4/c1-21(2,29-16-8-6-15(7-9-16)17-12-22(17,23)24)20(26)25-13-14-5-10-18(27-3)19(11-14)28-4/h5-11,17H,12-13H2,1-4H3,(H,25,26). The number of benzene rings is 2. The van der Waals surface area contributed by atoms with Crippen LogP contribution >= 0.6 is 23.2 Å². The average molecular weight is 438 g/mol. The lowest BCUT2D eigenvalue weighted by Gasteiger charge is -2.25. The molecule has 1 fully saturated rings. The largest absolute Gasteiger partial charge is 0.493 e. The van der Waals surface area contributed by atoms with Crippen LogP contribution < -0.4 is 19.5 Å². The fraction of sp³-hybridized carbons (Fsp3) is 0.409. The van der Waals surface area contributed by atoms with Crippen LogP contribution in [0.4, 0.5) is 0 Å².